The molecule has 1 N–H and O–H groups in total. The molecule has 0 unspecified atom stereocenters. The summed E-state index contributed by atoms with van der Waals surface area (Å²) in [5, 5.41) is 9.55. The summed E-state index contributed by atoms with van der Waals surface area (Å²) in [5.41, 5.74) is 2.67. The lowest BCUT2D eigenvalue weighted by atomic mass is 10.0. The van der Waals surface area contributed by atoms with Crippen LogP contribution in [0.3, 0.4) is 0 Å². The van der Waals surface area contributed by atoms with Crippen molar-refractivity contribution in [3.8, 4) is 11.5 Å². The highest BCUT2D eigenvalue weighted by molar-refractivity contribution is 5.88. The summed E-state index contributed by atoms with van der Waals surface area (Å²) >= 11 is 0. The predicted octanol–water partition coefficient (Wildman–Crippen LogP) is 2.89. The van der Waals surface area contributed by atoms with Gasteiger partial charge >= 0.3 is 6.09 Å². The maximum absolute atomic E-state index is 11.7. The van der Waals surface area contributed by atoms with Gasteiger partial charge in [0.25, 0.3) is 0 Å². The van der Waals surface area contributed by atoms with E-state index in [1.165, 1.54) is 4.90 Å². The number of pyridine rings is 1. The molecular formula is C16H12N2O4. The zero-order chi connectivity index (χ0) is 15.1. The third kappa shape index (κ3) is 1.88. The molecule has 4 rings (SSSR count). The number of rotatable bonds is 0. The normalized spacial score (nSPS) is 17.6. The van der Waals surface area contributed by atoms with Crippen LogP contribution in [0.2, 0.25) is 0 Å². The predicted molar refractivity (Wildman–Crippen MR) is 79.0 cm³/mol. The fraction of sp³-hybridized carbons (Fsp3) is 0.125. The Morgan fingerprint density at radius 1 is 1.23 bits per heavy atom. The lowest BCUT2D eigenvalue weighted by Gasteiger charge is -2.20. The molecule has 0 aliphatic carbocycles. The molecule has 1 aromatic carbocycles. The Hall–Kier alpha value is -3.02. The fourth-order valence-electron chi connectivity index (χ4n) is 2.73. The molecule has 0 atom stereocenters. The molecule has 1 amide bonds. The van der Waals surface area contributed by atoms with Gasteiger partial charge in [-0.3, -0.25) is 4.90 Å². The van der Waals surface area contributed by atoms with Crippen molar-refractivity contribution in [2.75, 3.05) is 11.5 Å². The van der Waals surface area contributed by atoms with Crippen LogP contribution in [0.15, 0.2) is 42.8 Å². The average Bonchev–Trinajstić information content (AvgIpc) is 2.96. The summed E-state index contributed by atoms with van der Waals surface area (Å²) in [5.74, 6) is 1.43. The molecule has 0 bridgehead atoms. The molecule has 6 nitrogen and oxygen atoms in total. The Morgan fingerprint density at radius 3 is 2.95 bits per heavy atom. The fourth-order valence-corrected chi connectivity index (χ4v) is 2.73. The van der Waals surface area contributed by atoms with Gasteiger partial charge in [0, 0.05) is 17.3 Å². The van der Waals surface area contributed by atoms with E-state index in [0.29, 0.717) is 12.4 Å². The highest BCUT2D eigenvalue weighted by Crippen LogP contribution is 2.39. The van der Waals surface area contributed by atoms with Gasteiger partial charge in [0.1, 0.15) is 12.4 Å². The first kappa shape index (κ1) is 12.7. The monoisotopic (exact) mass is 296 g/mol. The molecule has 0 radical (unpaired) electrons. The molecule has 0 spiro atoms. The first-order chi connectivity index (χ1) is 10.7. The number of benzene rings is 1. The van der Waals surface area contributed by atoms with Gasteiger partial charge in [-0.15, -0.1) is 0 Å². The Bertz CT molecular complexity index is 800. The molecule has 0 fully saturated rings. The number of carboxylic acid groups (broad SMARTS) is 1. The van der Waals surface area contributed by atoms with E-state index in [1.807, 2.05) is 18.2 Å². The number of nitrogens with zero attached hydrogens (tertiary/aromatic N) is 2. The van der Waals surface area contributed by atoms with E-state index >= 15 is 0 Å². The van der Waals surface area contributed by atoms with Crippen LogP contribution < -0.4 is 14.4 Å². The van der Waals surface area contributed by atoms with Gasteiger partial charge in [0.05, 0.1) is 12.8 Å². The molecule has 6 heteroatoms. The van der Waals surface area contributed by atoms with E-state index in [1.54, 1.807) is 24.6 Å². The minimum atomic E-state index is -1.08. The van der Waals surface area contributed by atoms with Crippen molar-refractivity contribution in [2.24, 2.45) is 0 Å². The molecule has 1 aromatic heterocycles. The van der Waals surface area contributed by atoms with Crippen LogP contribution >= 0.6 is 0 Å². The van der Waals surface area contributed by atoms with E-state index in [0.717, 1.165) is 22.4 Å². The molecule has 3 heterocycles. The Morgan fingerprint density at radius 2 is 2.09 bits per heavy atom. The average molecular weight is 296 g/mol. The molecule has 2 aliphatic heterocycles. The van der Waals surface area contributed by atoms with Crippen LogP contribution in [-0.4, -0.2) is 22.8 Å². The molecule has 0 saturated heterocycles. The van der Waals surface area contributed by atoms with Crippen molar-refractivity contribution in [1.29, 1.82) is 0 Å². The smallest absolute Gasteiger partial charge is 0.413 e. The van der Waals surface area contributed by atoms with Gasteiger partial charge in [0.15, 0.2) is 11.6 Å². The highest BCUT2D eigenvalue weighted by atomic mass is 16.5. The van der Waals surface area contributed by atoms with Crippen LogP contribution in [0.5, 0.6) is 11.5 Å². The third-order valence-corrected chi connectivity index (χ3v) is 3.71. The van der Waals surface area contributed by atoms with Gasteiger partial charge < -0.3 is 14.6 Å². The van der Waals surface area contributed by atoms with Gasteiger partial charge in [-0.1, -0.05) is 12.1 Å². The standard InChI is InChI=1S/C16H12N2O4/c19-16(20)18-7-10-3-1-4-12-14(10)11(8-21-12)9-22-13-5-2-6-17-15(13)18/h1-6,9H,7-8H2,(H,19,20)/b11-9-. The van der Waals surface area contributed by atoms with E-state index in [2.05, 4.69) is 4.98 Å². The molecule has 0 saturated carbocycles. The quantitative estimate of drug-likeness (QED) is 0.809. The SMILES string of the molecule is O=C(O)N1Cc2cccc3c2/C(=C\Oc2cccnc21)CO3. The number of aromatic nitrogens is 1. The van der Waals surface area contributed by atoms with Gasteiger partial charge in [-0.05, 0) is 23.8 Å². The second kappa shape index (κ2) is 4.77. The maximum atomic E-state index is 11.7. The highest BCUT2D eigenvalue weighted by Gasteiger charge is 2.28. The summed E-state index contributed by atoms with van der Waals surface area (Å²) < 4.78 is 11.3. The van der Waals surface area contributed by atoms with Crippen LogP contribution in [0.1, 0.15) is 11.1 Å². The summed E-state index contributed by atoms with van der Waals surface area (Å²) in [7, 11) is 0. The lowest BCUT2D eigenvalue weighted by molar-refractivity contribution is 0.201. The second-order valence-electron chi connectivity index (χ2n) is 5.03. The summed E-state index contributed by atoms with van der Waals surface area (Å²) in [6.45, 7) is 0.599. The first-order valence-electron chi connectivity index (χ1n) is 6.80. The topological polar surface area (TPSA) is 71.9 Å². The van der Waals surface area contributed by atoms with E-state index < -0.39 is 6.09 Å². The molecule has 22 heavy (non-hydrogen) atoms. The minimum Gasteiger partial charge on any atom is -0.488 e. The summed E-state index contributed by atoms with van der Waals surface area (Å²) in [6.07, 6.45) is 2.08. The zero-order valence-electron chi connectivity index (χ0n) is 11.5. The van der Waals surface area contributed by atoms with Crippen LogP contribution in [-0.2, 0) is 6.54 Å². The van der Waals surface area contributed by atoms with Crippen LogP contribution in [0.4, 0.5) is 10.6 Å². The Kier molecular flexibility index (Phi) is 2.75. The van der Waals surface area contributed by atoms with Crippen molar-refractivity contribution in [2.45, 2.75) is 6.54 Å². The number of hydrogen-bond acceptors (Lipinski definition) is 4. The Balaban J connectivity index is 1.93. The van der Waals surface area contributed by atoms with E-state index in [9.17, 15) is 9.90 Å². The third-order valence-electron chi connectivity index (χ3n) is 3.71. The van der Waals surface area contributed by atoms with E-state index in [-0.39, 0.29) is 12.4 Å². The summed E-state index contributed by atoms with van der Waals surface area (Å²) in [4.78, 5) is 17.0. The first-order valence-corrected chi connectivity index (χ1v) is 6.80. The van der Waals surface area contributed by atoms with Crippen molar-refractivity contribution in [3.05, 3.63) is 53.9 Å². The van der Waals surface area contributed by atoms with Crippen molar-refractivity contribution >= 4 is 17.5 Å². The number of hydrogen-bond donors (Lipinski definition) is 1. The number of fused-ring (bicyclic) bond motifs is 1. The zero-order valence-corrected chi connectivity index (χ0v) is 11.5. The number of amides is 1. The molecule has 110 valence electrons. The van der Waals surface area contributed by atoms with Crippen LogP contribution in [0, 0.1) is 0 Å². The lowest BCUT2D eigenvalue weighted by Crippen LogP contribution is -2.29. The number of anilines is 1. The van der Waals surface area contributed by atoms with Crippen molar-refractivity contribution in [3.63, 3.8) is 0 Å². The largest absolute Gasteiger partial charge is 0.488 e. The van der Waals surface area contributed by atoms with Crippen LogP contribution in [0.25, 0.3) is 5.57 Å². The minimum absolute atomic E-state index is 0.187. The molecule has 2 aromatic rings. The second-order valence-corrected chi connectivity index (χ2v) is 5.03. The van der Waals surface area contributed by atoms with Gasteiger partial charge in [0.2, 0.25) is 0 Å². The van der Waals surface area contributed by atoms with Gasteiger partial charge in [-0.25, -0.2) is 9.78 Å². The van der Waals surface area contributed by atoms with Crippen molar-refractivity contribution < 1.29 is 19.4 Å². The van der Waals surface area contributed by atoms with Crippen molar-refractivity contribution in [1.82, 2.24) is 4.98 Å². The number of carbonyl (C=O) groups is 1. The molecular weight excluding hydrogens is 284 g/mol. The van der Waals surface area contributed by atoms with E-state index in [4.69, 9.17) is 9.47 Å². The number of ether oxygens (including phenoxy) is 2. The maximum Gasteiger partial charge on any atom is 0.413 e. The Labute approximate surface area is 126 Å². The molecule has 2 aliphatic rings. The summed E-state index contributed by atoms with van der Waals surface area (Å²) in [6, 6.07) is 9.02. The van der Waals surface area contributed by atoms with Gasteiger partial charge in [-0.2, -0.15) is 0 Å².